The van der Waals surface area contributed by atoms with Crippen molar-refractivity contribution in [2.24, 2.45) is 5.73 Å². The van der Waals surface area contributed by atoms with Crippen LogP contribution in [-0.4, -0.2) is 117 Å². The Morgan fingerprint density at radius 2 is 1.00 bits per heavy atom. The lowest BCUT2D eigenvalue weighted by atomic mass is 10.3. The van der Waals surface area contributed by atoms with Gasteiger partial charge in [-0.05, 0) is 79.2 Å². The molecule has 5 nitrogen and oxygen atoms in total. The summed E-state index contributed by atoms with van der Waals surface area (Å²) in [6, 6.07) is 0. The van der Waals surface area contributed by atoms with Crippen molar-refractivity contribution in [3.05, 3.63) is 5.16 Å². The van der Waals surface area contributed by atoms with Crippen molar-refractivity contribution < 1.29 is 0 Å². The molecule has 0 saturated heterocycles. The third kappa shape index (κ3) is 6.35. The van der Waals surface area contributed by atoms with Crippen LogP contribution in [-0.2, 0) is 0 Å². The van der Waals surface area contributed by atoms with E-state index in [1.165, 1.54) is 6.42 Å². The Morgan fingerprint density at radius 3 is 1.20 bits per heavy atom. The van der Waals surface area contributed by atoms with Crippen LogP contribution in [0.15, 0.2) is 0 Å². The molecule has 151 valence electrons. The Kier molecular flexibility index (Phi) is 11.2. The van der Waals surface area contributed by atoms with Crippen LogP contribution < -0.4 is 5.73 Å². The van der Waals surface area contributed by atoms with Gasteiger partial charge in [0, 0.05) is 0 Å². The summed E-state index contributed by atoms with van der Waals surface area (Å²) in [6.45, 7) is 10.9. The van der Waals surface area contributed by atoms with E-state index in [9.17, 15) is 0 Å². The highest BCUT2D eigenvalue weighted by molar-refractivity contribution is 6.84. The zero-order valence-electron chi connectivity index (χ0n) is 19.1. The zero-order valence-corrected chi connectivity index (χ0v) is 23.7. The van der Waals surface area contributed by atoms with Crippen molar-refractivity contribution in [1.29, 1.82) is 0 Å². The smallest absolute Gasteiger partial charge is 0.113 e. The summed E-state index contributed by atoms with van der Waals surface area (Å²) in [5.74, 6) is 0. The van der Waals surface area contributed by atoms with E-state index in [0.29, 0.717) is 4.66 Å². The van der Waals surface area contributed by atoms with Gasteiger partial charge in [-0.15, -0.1) is 0 Å². The lowest BCUT2D eigenvalue weighted by Gasteiger charge is -2.50. The first kappa shape index (κ1) is 25.7. The van der Waals surface area contributed by atoms with Crippen molar-refractivity contribution >= 4 is 35.8 Å². The Bertz CT molecular complexity index is 354. The first-order valence-electron chi connectivity index (χ1n) is 9.54. The molecule has 4 atom stereocenters. The van der Waals surface area contributed by atoms with E-state index in [-0.39, 0.29) is 0 Å². The van der Waals surface area contributed by atoms with Gasteiger partial charge in [0.05, 0.1) is 0 Å². The van der Waals surface area contributed by atoms with Crippen LogP contribution in [0.4, 0.5) is 0 Å². The second-order valence-corrected chi connectivity index (χ2v) is 23.4. The Balaban J connectivity index is 6.05. The molecular formula is C16H46N5Si4. The van der Waals surface area contributed by atoms with Gasteiger partial charge in [0.15, 0.2) is 0 Å². The van der Waals surface area contributed by atoms with Crippen molar-refractivity contribution in [1.82, 2.24) is 18.3 Å². The van der Waals surface area contributed by atoms with Gasteiger partial charge in [0.25, 0.3) is 0 Å². The summed E-state index contributed by atoms with van der Waals surface area (Å²) in [6.07, 6.45) is 1.28. The van der Waals surface area contributed by atoms with E-state index >= 15 is 0 Å². The van der Waals surface area contributed by atoms with Gasteiger partial charge in [-0.25, -0.2) is 0 Å². The third-order valence-electron chi connectivity index (χ3n) is 6.75. The molecule has 0 aliphatic carbocycles. The first-order valence-corrected chi connectivity index (χ1v) is 18.5. The molecule has 0 aliphatic heterocycles. The molecule has 0 aliphatic rings. The van der Waals surface area contributed by atoms with Crippen LogP contribution in [0.1, 0.15) is 6.42 Å². The molecule has 0 spiro atoms. The molecule has 0 amide bonds. The van der Waals surface area contributed by atoms with E-state index < -0.39 is 35.8 Å². The van der Waals surface area contributed by atoms with Crippen molar-refractivity contribution in [2.75, 3.05) is 62.9 Å². The molecule has 0 aromatic rings. The van der Waals surface area contributed by atoms with Gasteiger partial charge < -0.3 is 24.0 Å². The molecule has 0 aromatic heterocycles. The Hall–Kier alpha value is 0.668. The van der Waals surface area contributed by atoms with E-state index in [1.807, 2.05) is 5.16 Å². The second kappa shape index (κ2) is 10.9. The lowest BCUT2D eigenvalue weighted by Crippen LogP contribution is -2.61. The molecule has 0 heterocycles. The number of rotatable bonds is 11. The van der Waals surface area contributed by atoms with E-state index in [4.69, 9.17) is 5.73 Å². The van der Waals surface area contributed by atoms with Gasteiger partial charge in [-0.2, -0.15) is 0 Å². The highest BCUT2D eigenvalue weighted by Gasteiger charge is 2.48. The molecule has 1 radical (unpaired) electrons. The number of hydrogen-bond donors (Lipinski definition) is 1. The Labute approximate surface area is 165 Å². The largest absolute Gasteiger partial charge is 0.331 e. The maximum absolute atomic E-state index is 6.59. The molecule has 2 N–H and O–H groups in total. The summed E-state index contributed by atoms with van der Waals surface area (Å²) in [5, 5.41) is 1.91. The van der Waals surface area contributed by atoms with Crippen LogP contribution in [0.2, 0.25) is 30.8 Å². The van der Waals surface area contributed by atoms with Crippen molar-refractivity contribution in [3.63, 3.8) is 0 Å². The summed E-state index contributed by atoms with van der Waals surface area (Å²) in [4.78, 5) is 0. The molecule has 0 fully saturated rings. The minimum atomic E-state index is -1.13. The predicted molar refractivity (Wildman–Crippen MR) is 126 cm³/mol. The number of nitrogens with two attached hydrogens (primary N) is 1. The van der Waals surface area contributed by atoms with Gasteiger partial charge in [-0.1, -0.05) is 26.2 Å². The summed E-state index contributed by atoms with van der Waals surface area (Å²) < 4.78 is 10.4. The highest BCUT2D eigenvalue weighted by Crippen LogP contribution is 2.43. The fraction of sp³-hybridized carbons (Fsp3) is 0.938. The minimum Gasteiger partial charge on any atom is -0.331 e. The zero-order chi connectivity index (χ0) is 20.1. The van der Waals surface area contributed by atoms with Crippen LogP contribution in [0.3, 0.4) is 0 Å². The van der Waals surface area contributed by atoms with Crippen LogP contribution in [0, 0.1) is 5.16 Å². The molecule has 9 heteroatoms. The summed E-state index contributed by atoms with van der Waals surface area (Å²) in [7, 11) is 13.9. The van der Waals surface area contributed by atoms with Crippen molar-refractivity contribution in [2.45, 2.75) is 37.3 Å². The minimum absolute atomic E-state index is 0.344. The quantitative estimate of drug-likeness (QED) is 0.474. The average Bonchev–Trinajstić information content (AvgIpc) is 2.53. The normalized spacial score (nSPS) is 20.4. The second-order valence-electron chi connectivity index (χ2n) is 8.75. The van der Waals surface area contributed by atoms with Gasteiger partial charge in [0.2, 0.25) is 0 Å². The van der Waals surface area contributed by atoms with Crippen LogP contribution >= 0.6 is 0 Å². The predicted octanol–water partition coefficient (Wildman–Crippen LogP) is -0.0715. The molecule has 0 saturated carbocycles. The van der Waals surface area contributed by atoms with E-state index in [2.05, 4.69) is 101 Å². The fourth-order valence-corrected chi connectivity index (χ4v) is 20.4. The maximum atomic E-state index is 6.59. The molecular weight excluding hydrogens is 375 g/mol. The van der Waals surface area contributed by atoms with Gasteiger partial charge >= 0.3 is 0 Å². The SMILES string of the molecule is CN(C)[SiH](C)[C](CC(CN)([SiH](C)N(C)C)[SiH](C)N(C)C)[SiH](C)N(C)C. The summed E-state index contributed by atoms with van der Waals surface area (Å²) in [5.41, 5.74) is 6.59. The number of hydrogen-bond acceptors (Lipinski definition) is 5. The van der Waals surface area contributed by atoms with Crippen LogP contribution in [0.25, 0.3) is 0 Å². The Morgan fingerprint density at radius 1 is 0.680 bits per heavy atom. The van der Waals surface area contributed by atoms with Crippen LogP contribution in [0.5, 0.6) is 0 Å². The summed E-state index contributed by atoms with van der Waals surface area (Å²) >= 11 is 0. The topological polar surface area (TPSA) is 39.0 Å². The molecule has 0 rings (SSSR count). The molecule has 25 heavy (non-hydrogen) atoms. The van der Waals surface area contributed by atoms with Gasteiger partial charge in [-0.3, -0.25) is 0 Å². The molecule has 0 bridgehead atoms. The maximum Gasteiger partial charge on any atom is 0.113 e. The van der Waals surface area contributed by atoms with Crippen molar-refractivity contribution in [3.8, 4) is 0 Å². The molecule has 4 unspecified atom stereocenters. The molecule has 0 aromatic carbocycles. The highest BCUT2D eigenvalue weighted by atomic mass is 28.3. The third-order valence-corrected chi connectivity index (χ3v) is 25.5. The number of nitrogens with zero attached hydrogens (tertiary/aromatic N) is 4. The van der Waals surface area contributed by atoms with Gasteiger partial charge in [0.1, 0.15) is 35.8 Å². The van der Waals surface area contributed by atoms with E-state index in [0.717, 1.165) is 6.54 Å². The fourth-order valence-electron chi connectivity index (χ4n) is 3.77. The average molecular weight is 421 g/mol. The lowest BCUT2D eigenvalue weighted by molar-refractivity contribution is 0.530. The standard InChI is InChI=1S/C16H46N5Si4/c1-18(2)22(9)15(23(10)19(3)4)13-16(14-17,24(11)20(5)6)25(12)21(7)8/h22-25H,13-14,17H2,1-12H3. The monoisotopic (exact) mass is 420 g/mol. The first-order chi connectivity index (χ1) is 11.3. The van der Waals surface area contributed by atoms with E-state index in [1.54, 1.807) is 0 Å².